The Morgan fingerprint density at radius 1 is 1.41 bits per heavy atom. The third kappa shape index (κ3) is 4.17. The van der Waals surface area contributed by atoms with Crippen LogP contribution in [0.4, 0.5) is 0 Å². The van der Waals surface area contributed by atoms with Gasteiger partial charge in [-0.2, -0.15) is 0 Å². The second-order valence-corrected chi connectivity index (χ2v) is 5.28. The minimum absolute atomic E-state index is 0.0152. The number of amides is 2. The summed E-state index contributed by atoms with van der Waals surface area (Å²) in [7, 11) is 1.57. The molecule has 0 unspecified atom stereocenters. The van der Waals surface area contributed by atoms with Crippen molar-refractivity contribution in [3.05, 3.63) is 34.2 Å². The highest BCUT2D eigenvalue weighted by molar-refractivity contribution is 5.93. The molecule has 0 atom stereocenters. The van der Waals surface area contributed by atoms with E-state index in [1.807, 2.05) is 0 Å². The van der Waals surface area contributed by atoms with Crippen molar-refractivity contribution in [3.8, 4) is 0 Å². The van der Waals surface area contributed by atoms with E-state index in [1.54, 1.807) is 18.1 Å². The Balaban J connectivity index is 1.83. The smallest absolute Gasteiger partial charge is 0.260 e. The fraction of sp³-hybridized carbons (Fsp3) is 0.533. The van der Waals surface area contributed by atoms with Crippen molar-refractivity contribution >= 4 is 11.8 Å². The van der Waals surface area contributed by atoms with E-state index in [-0.39, 0.29) is 23.4 Å². The first-order chi connectivity index (χ1) is 10.6. The molecule has 2 N–H and O–H groups in total. The number of methoxy groups -OCH3 is 1. The molecule has 7 nitrogen and oxygen atoms in total. The second-order valence-electron chi connectivity index (χ2n) is 5.28. The van der Waals surface area contributed by atoms with Crippen LogP contribution in [0.15, 0.2) is 23.1 Å². The zero-order chi connectivity index (χ0) is 15.9. The van der Waals surface area contributed by atoms with Crippen LogP contribution >= 0.6 is 0 Å². The molecule has 0 bridgehead atoms. The molecule has 0 spiro atoms. The molecule has 1 aliphatic heterocycles. The highest BCUT2D eigenvalue weighted by atomic mass is 16.5. The van der Waals surface area contributed by atoms with Crippen LogP contribution in [0.1, 0.15) is 29.6 Å². The molecule has 22 heavy (non-hydrogen) atoms. The molecule has 0 saturated carbocycles. The number of aromatic amines is 1. The molecule has 120 valence electrons. The van der Waals surface area contributed by atoms with Crippen molar-refractivity contribution in [3.63, 3.8) is 0 Å². The first kappa shape index (κ1) is 16.2. The second kappa shape index (κ2) is 7.74. The number of carbonyl (C=O) groups is 2. The molecule has 1 aromatic rings. The molecule has 2 amide bonds. The Morgan fingerprint density at radius 3 is 2.77 bits per heavy atom. The van der Waals surface area contributed by atoms with Gasteiger partial charge >= 0.3 is 0 Å². The summed E-state index contributed by atoms with van der Waals surface area (Å²) in [4.78, 5) is 39.8. The lowest BCUT2D eigenvalue weighted by molar-refractivity contribution is -0.133. The third-order valence-corrected chi connectivity index (χ3v) is 3.77. The molecule has 1 aromatic heterocycles. The number of hydrogen-bond acceptors (Lipinski definition) is 4. The van der Waals surface area contributed by atoms with Gasteiger partial charge in [-0.05, 0) is 25.0 Å². The van der Waals surface area contributed by atoms with Gasteiger partial charge in [0.2, 0.25) is 5.91 Å². The van der Waals surface area contributed by atoms with E-state index in [0.717, 1.165) is 0 Å². The van der Waals surface area contributed by atoms with E-state index in [2.05, 4.69) is 10.3 Å². The molecule has 2 rings (SSSR count). The number of nitrogens with zero attached hydrogens (tertiary/aromatic N) is 1. The van der Waals surface area contributed by atoms with Crippen molar-refractivity contribution in [2.45, 2.75) is 25.3 Å². The Morgan fingerprint density at radius 2 is 2.14 bits per heavy atom. The van der Waals surface area contributed by atoms with Gasteiger partial charge in [-0.15, -0.1) is 0 Å². The number of aromatic nitrogens is 1. The summed E-state index contributed by atoms with van der Waals surface area (Å²) in [5, 5.41) is 2.86. The summed E-state index contributed by atoms with van der Waals surface area (Å²) in [6, 6.07) is 3.10. The van der Waals surface area contributed by atoms with Crippen LogP contribution in [-0.2, 0) is 9.53 Å². The lowest BCUT2D eigenvalue weighted by atomic mass is 10.0. The minimum Gasteiger partial charge on any atom is -0.384 e. The zero-order valence-electron chi connectivity index (χ0n) is 12.6. The Labute approximate surface area is 128 Å². The van der Waals surface area contributed by atoms with Gasteiger partial charge in [-0.25, -0.2) is 0 Å². The Kier molecular flexibility index (Phi) is 5.71. The maximum atomic E-state index is 12.1. The molecule has 0 aliphatic carbocycles. The quantitative estimate of drug-likeness (QED) is 0.809. The summed E-state index contributed by atoms with van der Waals surface area (Å²) < 4.78 is 4.90. The van der Waals surface area contributed by atoms with Crippen molar-refractivity contribution in [2.24, 2.45) is 0 Å². The van der Waals surface area contributed by atoms with Crippen molar-refractivity contribution in [1.29, 1.82) is 0 Å². The molecule has 0 aromatic carbocycles. The fourth-order valence-corrected chi connectivity index (χ4v) is 2.48. The summed E-state index contributed by atoms with van der Waals surface area (Å²) in [5.74, 6) is -0.294. The van der Waals surface area contributed by atoms with Gasteiger partial charge in [0.15, 0.2) is 0 Å². The molecule has 2 heterocycles. The Bertz CT molecular complexity index is 576. The predicted molar refractivity (Wildman–Crippen MR) is 80.6 cm³/mol. The molecular formula is C15H21N3O4. The SMILES string of the molecule is COCCC(=O)N1CCC(NC(=O)c2ccc[nH]c2=O)CC1. The first-order valence-electron chi connectivity index (χ1n) is 7.37. The van der Waals surface area contributed by atoms with Gasteiger partial charge in [0, 0.05) is 32.4 Å². The van der Waals surface area contributed by atoms with E-state index >= 15 is 0 Å². The van der Waals surface area contributed by atoms with E-state index in [9.17, 15) is 14.4 Å². The van der Waals surface area contributed by atoms with Crippen LogP contribution in [0.5, 0.6) is 0 Å². The predicted octanol–water partition coefficient (Wildman–Crippen LogP) is 0.132. The number of hydrogen-bond donors (Lipinski definition) is 2. The fourth-order valence-electron chi connectivity index (χ4n) is 2.48. The van der Waals surface area contributed by atoms with Gasteiger partial charge in [-0.1, -0.05) is 0 Å². The highest BCUT2D eigenvalue weighted by Gasteiger charge is 2.24. The van der Waals surface area contributed by atoms with E-state index < -0.39 is 5.56 Å². The number of rotatable bonds is 5. The lowest BCUT2D eigenvalue weighted by Gasteiger charge is -2.32. The lowest BCUT2D eigenvalue weighted by Crippen LogP contribution is -2.47. The summed E-state index contributed by atoms with van der Waals surface area (Å²) in [6.45, 7) is 1.64. The summed E-state index contributed by atoms with van der Waals surface area (Å²) in [6.07, 6.45) is 3.25. The van der Waals surface area contributed by atoms with Gasteiger partial charge in [0.1, 0.15) is 5.56 Å². The van der Waals surface area contributed by atoms with Gasteiger partial charge in [-0.3, -0.25) is 14.4 Å². The average molecular weight is 307 g/mol. The van der Waals surface area contributed by atoms with Crippen LogP contribution in [-0.4, -0.2) is 54.5 Å². The minimum atomic E-state index is -0.396. The van der Waals surface area contributed by atoms with E-state index in [4.69, 9.17) is 4.74 Å². The van der Waals surface area contributed by atoms with Crippen LogP contribution < -0.4 is 10.9 Å². The maximum absolute atomic E-state index is 12.1. The number of piperidine rings is 1. The van der Waals surface area contributed by atoms with Crippen molar-refractivity contribution < 1.29 is 14.3 Å². The van der Waals surface area contributed by atoms with Gasteiger partial charge < -0.3 is 19.9 Å². The normalized spacial score (nSPS) is 15.6. The monoisotopic (exact) mass is 307 g/mol. The van der Waals surface area contributed by atoms with Crippen molar-refractivity contribution in [1.82, 2.24) is 15.2 Å². The average Bonchev–Trinajstić information content (AvgIpc) is 2.53. The molecular weight excluding hydrogens is 286 g/mol. The molecule has 0 radical (unpaired) electrons. The highest BCUT2D eigenvalue weighted by Crippen LogP contribution is 2.12. The largest absolute Gasteiger partial charge is 0.384 e. The van der Waals surface area contributed by atoms with Gasteiger partial charge in [0.05, 0.1) is 13.0 Å². The first-order valence-corrected chi connectivity index (χ1v) is 7.37. The summed E-state index contributed by atoms with van der Waals surface area (Å²) >= 11 is 0. The third-order valence-electron chi connectivity index (χ3n) is 3.77. The number of nitrogens with one attached hydrogen (secondary N) is 2. The van der Waals surface area contributed by atoms with E-state index in [1.165, 1.54) is 12.3 Å². The van der Waals surface area contributed by atoms with Crippen LogP contribution in [0, 0.1) is 0 Å². The van der Waals surface area contributed by atoms with Crippen LogP contribution in [0.2, 0.25) is 0 Å². The molecule has 1 fully saturated rings. The number of H-pyrrole nitrogens is 1. The molecule has 1 aliphatic rings. The standard InChI is InChI=1S/C15H21N3O4/c1-22-10-6-13(19)18-8-4-11(5-9-18)17-15(21)12-3-2-7-16-14(12)20/h2-3,7,11H,4-6,8-10H2,1H3,(H,16,20)(H,17,21). The number of ether oxygens (including phenoxy) is 1. The van der Waals surface area contributed by atoms with Crippen LogP contribution in [0.25, 0.3) is 0 Å². The Hall–Kier alpha value is -2.15. The molecule has 1 saturated heterocycles. The van der Waals surface area contributed by atoms with E-state index in [0.29, 0.717) is 39.0 Å². The molecule has 7 heteroatoms. The zero-order valence-corrected chi connectivity index (χ0v) is 12.6. The number of pyridine rings is 1. The number of likely N-dealkylation sites (tertiary alicyclic amines) is 1. The summed E-state index contributed by atoms with van der Waals surface area (Å²) in [5.41, 5.74) is -0.284. The van der Waals surface area contributed by atoms with Crippen molar-refractivity contribution in [2.75, 3.05) is 26.8 Å². The van der Waals surface area contributed by atoms with Gasteiger partial charge in [0.25, 0.3) is 11.5 Å². The topological polar surface area (TPSA) is 91.5 Å². The van der Waals surface area contributed by atoms with Crippen LogP contribution in [0.3, 0.4) is 0 Å². The maximum Gasteiger partial charge on any atom is 0.260 e. The number of carbonyl (C=O) groups excluding carboxylic acids is 2.